The highest BCUT2D eigenvalue weighted by atomic mass is 32.1. The Bertz CT molecular complexity index is 2040. The zero-order valence-corrected chi connectivity index (χ0v) is 28.0. The number of fused-ring (bicyclic) bond motifs is 2. The van der Waals surface area contributed by atoms with Crippen LogP contribution in [0.3, 0.4) is 0 Å². The largest absolute Gasteiger partial charge is 0.435 e. The molecule has 9 heteroatoms. The highest BCUT2D eigenvalue weighted by Crippen LogP contribution is 2.40. The minimum Gasteiger partial charge on any atom is -0.435 e. The van der Waals surface area contributed by atoms with Crippen LogP contribution in [0.4, 0.5) is 0 Å². The number of nitrogens with zero attached hydrogens (tertiary/aromatic N) is 6. The summed E-state index contributed by atoms with van der Waals surface area (Å²) in [6.07, 6.45) is 4.48. The normalized spacial score (nSPS) is 18.3. The second-order valence-electron chi connectivity index (χ2n) is 13.3. The summed E-state index contributed by atoms with van der Waals surface area (Å²) in [7, 11) is 2.05. The lowest BCUT2D eigenvalue weighted by molar-refractivity contribution is -0.136. The molecule has 3 aliphatic heterocycles. The van der Waals surface area contributed by atoms with Crippen LogP contribution in [0.1, 0.15) is 58.5 Å². The van der Waals surface area contributed by atoms with Gasteiger partial charge in [-0.2, -0.15) is 5.26 Å². The molecule has 1 atom stereocenters. The minimum absolute atomic E-state index is 0.00168. The molecular formula is C38H38N6O2S. The maximum absolute atomic E-state index is 13.2. The van der Waals surface area contributed by atoms with Crippen LogP contribution < -0.4 is 0 Å². The average Bonchev–Trinajstić information content (AvgIpc) is 3.90. The van der Waals surface area contributed by atoms with Crippen LogP contribution in [0.2, 0.25) is 0 Å². The number of carbonyl (C=O) groups excluding carboxylic acids is 1. The number of nitriles is 1. The van der Waals surface area contributed by atoms with E-state index < -0.39 is 0 Å². The van der Waals surface area contributed by atoms with Crippen LogP contribution in [0.15, 0.2) is 52.9 Å². The first-order valence-corrected chi connectivity index (χ1v) is 17.4. The summed E-state index contributed by atoms with van der Waals surface area (Å²) in [4.78, 5) is 30.9. The molecule has 8 rings (SSSR count). The lowest BCUT2D eigenvalue weighted by atomic mass is 9.91. The van der Waals surface area contributed by atoms with E-state index in [1.165, 1.54) is 17.7 Å². The first-order chi connectivity index (χ1) is 22.9. The second kappa shape index (κ2) is 12.0. The minimum atomic E-state index is 0.00168. The maximum atomic E-state index is 13.2. The molecule has 0 saturated carbocycles. The molecule has 8 nitrogen and oxygen atoms in total. The van der Waals surface area contributed by atoms with Gasteiger partial charge in [0, 0.05) is 22.5 Å². The van der Waals surface area contributed by atoms with Gasteiger partial charge in [-0.3, -0.25) is 14.6 Å². The fourth-order valence-corrected chi connectivity index (χ4v) is 8.81. The first kappa shape index (κ1) is 30.0. The van der Waals surface area contributed by atoms with Crippen LogP contribution in [-0.4, -0.2) is 63.3 Å². The van der Waals surface area contributed by atoms with Crippen LogP contribution in [0.25, 0.3) is 44.3 Å². The summed E-state index contributed by atoms with van der Waals surface area (Å²) in [5, 5.41) is 11.0. The third-order valence-electron chi connectivity index (χ3n) is 10.3. The van der Waals surface area contributed by atoms with Crippen molar-refractivity contribution in [2.45, 2.75) is 65.2 Å². The number of thiazole rings is 1. The van der Waals surface area contributed by atoms with Gasteiger partial charge >= 0.3 is 0 Å². The van der Waals surface area contributed by atoms with E-state index >= 15 is 0 Å². The van der Waals surface area contributed by atoms with Crippen LogP contribution >= 0.6 is 11.3 Å². The number of aromatic nitrogens is 2. The first-order valence-electron chi connectivity index (χ1n) is 16.6. The van der Waals surface area contributed by atoms with Crippen molar-refractivity contribution < 1.29 is 9.21 Å². The number of rotatable bonds is 6. The van der Waals surface area contributed by atoms with Crippen molar-refractivity contribution in [1.82, 2.24) is 24.7 Å². The Kier molecular flexibility index (Phi) is 7.67. The number of carbonyl (C=O) groups is 1. The van der Waals surface area contributed by atoms with E-state index in [0.29, 0.717) is 30.1 Å². The van der Waals surface area contributed by atoms with Crippen LogP contribution in [-0.2, 0) is 24.4 Å². The van der Waals surface area contributed by atoms with Crippen LogP contribution in [0, 0.1) is 25.2 Å². The lowest BCUT2D eigenvalue weighted by Crippen LogP contribution is -2.41. The van der Waals surface area contributed by atoms with Gasteiger partial charge in [-0.05, 0) is 112 Å². The van der Waals surface area contributed by atoms with Crippen molar-refractivity contribution in [3.63, 3.8) is 0 Å². The fraction of sp³-hybridized carbons (Fsp3) is 0.368. The number of amides is 1. The molecule has 2 aromatic heterocycles. The molecule has 2 fully saturated rings. The zero-order valence-electron chi connectivity index (χ0n) is 27.2. The number of oxazole rings is 1. The molecule has 1 unspecified atom stereocenters. The molecule has 0 N–H and O–H groups in total. The van der Waals surface area contributed by atoms with E-state index in [0.717, 1.165) is 94.2 Å². The highest BCUT2D eigenvalue weighted by molar-refractivity contribution is 7.15. The van der Waals surface area contributed by atoms with Gasteiger partial charge in [0.25, 0.3) is 0 Å². The molecule has 1 amide bonds. The Labute approximate surface area is 279 Å². The molecule has 3 aliphatic rings. The summed E-state index contributed by atoms with van der Waals surface area (Å²) in [5.74, 6) is 0.762. The number of benzene rings is 3. The van der Waals surface area contributed by atoms with E-state index in [-0.39, 0.29) is 11.9 Å². The SMILES string of the molecule is Cc1c(-c2nc3cc(CN4CCCC4)cc(C#N)c3o2)cccc1-c1cccc(-c2nc3c(s2)CN(C(=O)C2CCCN2C)C3)c1C. The van der Waals surface area contributed by atoms with Gasteiger partial charge in [0.15, 0.2) is 5.58 Å². The highest BCUT2D eigenvalue weighted by Gasteiger charge is 2.35. The number of likely N-dealkylation sites (N-methyl/N-ethyl adjacent to an activating group) is 1. The molecule has 0 aliphatic carbocycles. The molecule has 47 heavy (non-hydrogen) atoms. The number of likely N-dealkylation sites (tertiary alicyclic amines) is 2. The number of hydrogen-bond donors (Lipinski definition) is 0. The summed E-state index contributed by atoms with van der Waals surface area (Å²) >= 11 is 1.71. The monoisotopic (exact) mass is 642 g/mol. The molecule has 2 saturated heterocycles. The summed E-state index contributed by atoms with van der Waals surface area (Å²) in [5.41, 5.74) is 10.4. The quantitative estimate of drug-likeness (QED) is 0.192. The molecule has 238 valence electrons. The smallest absolute Gasteiger partial charge is 0.240 e. The van der Waals surface area contributed by atoms with Crippen molar-refractivity contribution in [2.75, 3.05) is 26.7 Å². The summed E-state index contributed by atoms with van der Waals surface area (Å²) in [6.45, 7) is 9.52. The molecule has 5 aromatic rings. The molecule has 5 heterocycles. The van der Waals surface area contributed by atoms with Crippen LogP contribution in [0.5, 0.6) is 0 Å². The van der Waals surface area contributed by atoms with Crippen molar-refractivity contribution in [1.29, 1.82) is 5.26 Å². The van der Waals surface area contributed by atoms with E-state index in [9.17, 15) is 10.1 Å². The van der Waals surface area contributed by atoms with E-state index in [1.54, 1.807) is 11.3 Å². The van der Waals surface area contributed by atoms with Gasteiger partial charge in [-0.25, -0.2) is 9.97 Å². The van der Waals surface area contributed by atoms with Crippen molar-refractivity contribution in [3.8, 4) is 39.2 Å². The van der Waals surface area contributed by atoms with Crippen molar-refractivity contribution >= 4 is 28.3 Å². The predicted molar refractivity (Wildman–Crippen MR) is 185 cm³/mol. The van der Waals surface area contributed by atoms with E-state index in [2.05, 4.69) is 60.0 Å². The fourth-order valence-electron chi connectivity index (χ4n) is 7.64. The van der Waals surface area contributed by atoms with Gasteiger partial charge in [0.1, 0.15) is 16.6 Å². The Balaban J connectivity index is 1.08. The Morgan fingerprint density at radius 1 is 0.957 bits per heavy atom. The third-order valence-corrected chi connectivity index (χ3v) is 11.4. The van der Waals surface area contributed by atoms with Gasteiger partial charge in [0.2, 0.25) is 11.8 Å². The van der Waals surface area contributed by atoms with E-state index in [1.807, 2.05) is 30.1 Å². The molecule has 0 radical (unpaired) electrons. The standard InChI is InChI=1S/C38H38N6O2S/c1-23-27(9-6-11-29(23)36-40-31-18-25(20-43-15-4-5-16-43)17-26(19-39)35(31)46-36)28-10-7-12-30(24(28)2)37-41-32-21-44(22-34(32)47-37)38(45)33-13-8-14-42(33)3/h6-7,9-12,17-18,33H,4-5,8,13-16,20-22H2,1-3H3. The molecular weight excluding hydrogens is 605 g/mol. The lowest BCUT2D eigenvalue weighted by Gasteiger charge is -2.24. The van der Waals surface area contributed by atoms with Gasteiger partial charge in [0.05, 0.1) is 30.4 Å². The molecule has 0 bridgehead atoms. The Morgan fingerprint density at radius 2 is 1.68 bits per heavy atom. The van der Waals surface area contributed by atoms with Crippen molar-refractivity contribution in [3.05, 3.63) is 81.4 Å². The maximum Gasteiger partial charge on any atom is 0.240 e. The predicted octanol–water partition coefficient (Wildman–Crippen LogP) is 7.31. The number of hydrogen-bond acceptors (Lipinski definition) is 8. The molecule has 3 aromatic carbocycles. The zero-order chi connectivity index (χ0) is 32.2. The third kappa shape index (κ3) is 5.35. The van der Waals surface area contributed by atoms with E-state index in [4.69, 9.17) is 14.4 Å². The summed E-state index contributed by atoms with van der Waals surface area (Å²) in [6, 6.07) is 19.0. The topological polar surface area (TPSA) is 89.5 Å². The van der Waals surface area contributed by atoms with Gasteiger partial charge < -0.3 is 9.32 Å². The second-order valence-corrected chi connectivity index (χ2v) is 14.4. The Morgan fingerprint density at radius 3 is 2.38 bits per heavy atom. The summed E-state index contributed by atoms with van der Waals surface area (Å²) < 4.78 is 6.31. The molecule has 0 spiro atoms. The Hall–Kier alpha value is -4.36. The van der Waals surface area contributed by atoms with Crippen molar-refractivity contribution in [2.24, 2.45) is 0 Å². The average molecular weight is 643 g/mol. The van der Waals surface area contributed by atoms with Gasteiger partial charge in [-0.15, -0.1) is 11.3 Å². The van der Waals surface area contributed by atoms with Gasteiger partial charge in [-0.1, -0.05) is 30.3 Å².